The highest BCUT2D eigenvalue weighted by atomic mass is 16.5. The van der Waals surface area contributed by atoms with E-state index in [0.29, 0.717) is 24.6 Å². The molecule has 0 aliphatic carbocycles. The van der Waals surface area contributed by atoms with E-state index in [0.717, 1.165) is 0 Å². The van der Waals surface area contributed by atoms with E-state index in [2.05, 4.69) is 10.3 Å². The molecule has 1 saturated heterocycles. The van der Waals surface area contributed by atoms with Gasteiger partial charge in [-0.15, -0.1) is 0 Å². The van der Waals surface area contributed by atoms with E-state index >= 15 is 0 Å². The second-order valence-corrected chi connectivity index (χ2v) is 3.18. The Bertz CT molecular complexity index is 332. The highest BCUT2D eigenvalue weighted by Crippen LogP contribution is 2.04. The van der Waals surface area contributed by atoms with Crippen LogP contribution >= 0.6 is 0 Å². The zero-order chi connectivity index (χ0) is 9.97. The minimum absolute atomic E-state index is 0.127. The van der Waals surface area contributed by atoms with Crippen molar-refractivity contribution >= 4 is 11.6 Å². The Balaban J connectivity index is 1.99. The molecule has 0 radical (unpaired) electrons. The van der Waals surface area contributed by atoms with Crippen LogP contribution in [0.4, 0.5) is 5.69 Å². The van der Waals surface area contributed by atoms with E-state index in [-0.39, 0.29) is 11.9 Å². The first kappa shape index (κ1) is 8.96. The lowest BCUT2D eigenvalue weighted by atomic mass is 10.2. The van der Waals surface area contributed by atoms with Gasteiger partial charge in [-0.05, 0) is 12.1 Å². The Kier molecular flexibility index (Phi) is 2.32. The number of hydrogen-bond acceptors (Lipinski definition) is 4. The predicted octanol–water partition coefficient (Wildman–Crippen LogP) is -0.208. The molecule has 0 bridgehead atoms. The van der Waals surface area contributed by atoms with Crippen molar-refractivity contribution in [2.75, 3.05) is 18.9 Å². The number of carbonyl (C=O) groups excluding carboxylic acids is 1. The first-order valence-corrected chi connectivity index (χ1v) is 4.36. The average Bonchev–Trinajstić information content (AvgIpc) is 2.12. The molecule has 1 aromatic heterocycles. The predicted molar refractivity (Wildman–Crippen MR) is 50.7 cm³/mol. The van der Waals surface area contributed by atoms with Crippen LogP contribution < -0.4 is 11.1 Å². The quantitative estimate of drug-likeness (QED) is 0.681. The molecule has 0 unspecified atom stereocenters. The Morgan fingerprint density at radius 3 is 2.86 bits per heavy atom. The second kappa shape index (κ2) is 3.63. The summed E-state index contributed by atoms with van der Waals surface area (Å²) in [6.45, 7) is 1.17. The van der Waals surface area contributed by atoms with Gasteiger partial charge in [-0.2, -0.15) is 0 Å². The zero-order valence-corrected chi connectivity index (χ0v) is 7.56. The number of nitrogens with zero attached hydrogens (tertiary/aromatic N) is 1. The van der Waals surface area contributed by atoms with Crippen LogP contribution in [-0.4, -0.2) is 30.1 Å². The summed E-state index contributed by atoms with van der Waals surface area (Å²) < 4.78 is 4.94. The fourth-order valence-electron chi connectivity index (χ4n) is 1.12. The third kappa shape index (κ3) is 1.82. The van der Waals surface area contributed by atoms with Crippen LogP contribution in [0.5, 0.6) is 0 Å². The van der Waals surface area contributed by atoms with Gasteiger partial charge in [0, 0.05) is 0 Å². The molecule has 5 heteroatoms. The zero-order valence-electron chi connectivity index (χ0n) is 7.56. The van der Waals surface area contributed by atoms with Crippen LogP contribution in [-0.2, 0) is 4.74 Å². The van der Waals surface area contributed by atoms with Gasteiger partial charge in [0.05, 0.1) is 31.1 Å². The molecule has 1 aromatic rings. The minimum atomic E-state index is -0.182. The van der Waals surface area contributed by atoms with Crippen molar-refractivity contribution in [2.45, 2.75) is 6.04 Å². The molecule has 5 nitrogen and oxygen atoms in total. The van der Waals surface area contributed by atoms with E-state index in [1.54, 1.807) is 12.1 Å². The molecule has 0 saturated carbocycles. The van der Waals surface area contributed by atoms with E-state index in [9.17, 15) is 4.79 Å². The number of amides is 1. The summed E-state index contributed by atoms with van der Waals surface area (Å²) in [4.78, 5) is 15.4. The number of aromatic nitrogens is 1. The van der Waals surface area contributed by atoms with Crippen LogP contribution in [0, 0.1) is 0 Å². The fourth-order valence-corrected chi connectivity index (χ4v) is 1.12. The van der Waals surface area contributed by atoms with Crippen LogP contribution in [0.3, 0.4) is 0 Å². The number of pyridine rings is 1. The lowest BCUT2D eigenvalue weighted by Crippen LogP contribution is -2.48. The third-order valence-electron chi connectivity index (χ3n) is 1.99. The van der Waals surface area contributed by atoms with E-state index < -0.39 is 0 Å². The molecule has 1 aliphatic heterocycles. The lowest BCUT2D eigenvalue weighted by Gasteiger charge is -2.26. The number of ether oxygens (including phenoxy) is 1. The van der Waals surface area contributed by atoms with Crippen molar-refractivity contribution in [3.63, 3.8) is 0 Å². The lowest BCUT2D eigenvalue weighted by molar-refractivity contribution is -0.00354. The summed E-state index contributed by atoms with van der Waals surface area (Å²) >= 11 is 0. The monoisotopic (exact) mass is 193 g/mol. The largest absolute Gasteiger partial charge is 0.397 e. The highest BCUT2D eigenvalue weighted by Gasteiger charge is 2.21. The van der Waals surface area contributed by atoms with Crippen LogP contribution in [0.2, 0.25) is 0 Å². The summed E-state index contributed by atoms with van der Waals surface area (Å²) in [6, 6.07) is 3.38. The van der Waals surface area contributed by atoms with Gasteiger partial charge < -0.3 is 15.8 Å². The smallest absolute Gasteiger partial charge is 0.270 e. The summed E-state index contributed by atoms with van der Waals surface area (Å²) in [5.74, 6) is -0.182. The minimum Gasteiger partial charge on any atom is -0.397 e. The van der Waals surface area contributed by atoms with E-state index in [1.165, 1.54) is 6.20 Å². The average molecular weight is 193 g/mol. The Hall–Kier alpha value is -1.62. The first-order valence-electron chi connectivity index (χ1n) is 4.36. The van der Waals surface area contributed by atoms with E-state index in [4.69, 9.17) is 10.5 Å². The summed E-state index contributed by atoms with van der Waals surface area (Å²) in [6.07, 6.45) is 1.46. The molecule has 74 valence electrons. The van der Waals surface area contributed by atoms with Crippen LogP contribution in [0.25, 0.3) is 0 Å². The Morgan fingerprint density at radius 2 is 2.36 bits per heavy atom. The maximum Gasteiger partial charge on any atom is 0.270 e. The van der Waals surface area contributed by atoms with Crippen molar-refractivity contribution in [2.24, 2.45) is 0 Å². The molecule has 1 fully saturated rings. The number of anilines is 1. The van der Waals surface area contributed by atoms with Gasteiger partial charge in [0.1, 0.15) is 5.69 Å². The van der Waals surface area contributed by atoms with Crippen LogP contribution in [0.1, 0.15) is 10.5 Å². The van der Waals surface area contributed by atoms with Crippen molar-refractivity contribution < 1.29 is 9.53 Å². The van der Waals surface area contributed by atoms with Crippen molar-refractivity contribution in [1.82, 2.24) is 10.3 Å². The van der Waals surface area contributed by atoms with Crippen molar-refractivity contribution in [3.8, 4) is 0 Å². The van der Waals surface area contributed by atoms with Gasteiger partial charge in [0.2, 0.25) is 0 Å². The van der Waals surface area contributed by atoms with Crippen molar-refractivity contribution in [1.29, 1.82) is 0 Å². The molecule has 1 amide bonds. The maximum absolute atomic E-state index is 11.5. The second-order valence-electron chi connectivity index (χ2n) is 3.18. The molecule has 0 aromatic carbocycles. The normalized spacial score (nSPS) is 16.0. The number of hydrogen-bond donors (Lipinski definition) is 2. The number of rotatable bonds is 2. The van der Waals surface area contributed by atoms with Gasteiger partial charge >= 0.3 is 0 Å². The standard InChI is InChI=1S/C9H11N3O2/c10-6-1-2-8(11-3-6)9(13)12-7-4-14-5-7/h1-3,7H,4-5,10H2,(H,12,13). The van der Waals surface area contributed by atoms with Gasteiger partial charge in [0.25, 0.3) is 5.91 Å². The first-order chi connectivity index (χ1) is 6.75. The van der Waals surface area contributed by atoms with Gasteiger partial charge in [-0.3, -0.25) is 4.79 Å². The highest BCUT2D eigenvalue weighted by molar-refractivity contribution is 5.92. The molecule has 14 heavy (non-hydrogen) atoms. The SMILES string of the molecule is Nc1ccc(C(=O)NC2COC2)nc1. The third-order valence-corrected chi connectivity index (χ3v) is 1.99. The van der Waals surface area contributed by atoms with Gasteiger partial charge in [-0.25, -0.2) is 4.98 Å². The fraction of sp³-hybridized carbons (Fsp3) is 0.333. The molecular weight excluding hydrogens is 182 g/mol. The summed E-state index contributed by atoms with van der Waals surface area (Å²) in [7, 11) is 0. The number of nitrogen functional groups attached to an aromatic ring is 1. The summed E-state index contributed by atoms with van der Waals surface area (Å²) in [5.41, 5.74) is 6.38. The van der Waals surface area contributed by atoms with E-state index in [1.807, 2.05) is 0 Å². The van der Waals surface area contributed by atoms with Gasteiger partial charge in [0.15, 0.2) is 0 Å². The topological polar surface area (TPSA) is 77.2 Å². The maximum atomic E-state index is 11.5. The molecule has 0 atom stereocenters. The Morgan fingerprint density at radius 1 is 1.57 bits per heavy atom. The summed E-state index contributed by atoms with van der Waals surface area (Å²) in [5, 5.41) is 2.78. The van der Waals surface area contributed by atoms with Gasteiger partial charge in [-0.1, -0.05) is 0 Å². The number of nitrogens with one attached hydrogen (secondary N) is 1. The molecule has 2 heterocycles. The van der Waals surface area contributed by atoms with Crippen LogP contribution in [0.15, 0.2) is 18.3 Å². The number of carbonyl (C=O) groups is 1. The van der Waals surface area contributed by atoms with Crippen molar-refractivity contribution in [3.05, 3.63) is 24.0 Å². The molecular formula is C9H11N3O2. The molecule has 3 N–H and O–H groups in total. The molecule has 0 spiro atoms. The number of nitrogens with two attached hydrogens (primary N) is 1. The molecule has 1 aliphatic rings. The molecule has 2 rings (SSSR count). The Labute approximate surface area is 81.3 Å².